The zero-order chi connectivity index (χ0) is 25.8. The van der Waals surface area contributed by atoms with Gasteiger partial charge in [0.25, 0.3) is 0 Å². The molecule has 8 nitrogen and oxygen atoms in total. The molecule has 0 radical (unpaired) electrons. The van der Waals surface area contributed by atoms with Crippen molar-refractivity contribution < 1.29 is 14.3 Å². The van der Waals surface area contributed by atoms with Crippen molar-refractivity contribution in [1.82, 2.24) is 15.2 Å². The van der Waals surface area contributed by atoms with Gasteiger partial charge in [-0.3, -0.25) is 19.5 Å². The first-order valence-electron chi connectivity index (χ1n) is 12.6. The van der Waals surface area contributed by atoms with Crippen molar-refractivity contribution in [3.8, 4) is 5.75 Å². The van der Waals surface area contributed by atoms with Gasteiger partial charge < -0.3 is 15.8 Å². The van der Waals surface area contributed by atoms with E-state index in [0.717, 1.165) is 22.4 Å². The molecule has 0 saturated heterocycles. The number of carbonyl (C=O) groups excluding carboxylic acids is 2. The summed E-state index contributed by atoms with van der Waals surface area (Å²) in [5, 5.41) is 3.29. The lowest BCUT2D eigenvalue weighted by Crippen LogP contribution is -2.52. The number of aliphatic imine (C=N–C) groups is 1. The molecule has 190 valence electrons. The third kappa shape index (κ3) is 4.68. The minimum atomic E-state index is -0.543. The first kappa shape index (κ1) is 24.3. The van der Waals surface area contributed by atoms with Gasteiger partial charge in [-0.25, -0.2) is 4.99 Å². The molecule has 1 saturated carbocycles. The fourth-order valence-electron chi connectivity index (χ4n) is 5.65. The Hall–Kier alpha value is -3.42. The second kappa shape index (κ2) is 8.61. The number of carbonyl (C=O) groups is 2. The maximum absolute atomic E-state index is 13.5. The molecule has 2 aromatic rings. The van der Waals surface area contributed by atoms with Gasteiger partial charge in [0, 0.05) is 30.3 Å². The minimum absolute atomic E-state index is 0.0107. The molecular formula is C28H35N5O3. The van der Waals surface area contributed by atoms with E-state index in [2.05, 4.69) is 15.3 Å². The van der Waals surface area contributed by atoms with Gasteiger partial charge in [-0.05, 0) is 70.2 Å². The largest absolute Gasteiger partial charge is 0.487 e. The molecule has 1 aromatic heterocycles. The van der Waals surface area contributed by atoms with E-state index in [0.29, 0.717) is 12.8 Å². The number of hydrogen-bond donors (Lipinski definition) is 2. The predicted molar refractivity (Wildman–Crippen MR) is 137 cm³/mol. The summed E-state index contributed by atoms with van der Waals surface area (Å²) >= 11 is 0. The van der Waals surface area contributed by atoms with Crippen LogP contribution in [0.25, 0.3) is 0 Å². The molecule has 8 heteroatoms. The van der Waals surface area contributed by atoms with E-state index >= 15 is 0 Å². The number of pyridine rings is 1. The fourth-order valence-corrected chi connectivity index (χ4v) is 5.65. The van der Waals surface area contributed by atoms with E-state index in [1.165, 1.54) is 0 Å². The van der Waals surface area contributed by atoms with Gasteiger partial charge in [0.05, 0.1) is 24.0 Å². The molecule has 3 N–H and O–H groups in total. The second-order valence-corrected chi connectivity index (χ2v) is 11.6. The Balaban J connectivity index is 1.39. The van der Waals surface area contributed by atoms with Crippen LogP contribution in [0.4, 0.5) is 0 Å². The quantitative estimate of drug-likeness (QED) is 0.664. The van der Waals surface area contributed by atoms with Crippen molar-refractivity contribution in [1.29, 1.82) is 0 Å². The van der Waals surface area contributed by atoms with Crippen LogP contribution >= 0.6 is 0 Å². The van der Waals surface area contributed by atoms with Crippen LogP contribution in [0.2, 0.25) is 0 Å². The summed E-state index contributed by atoms with van der Waals surface area (Å²) in [5.41, 5.74) is 8.38. The van der Waals surface area contributed by atoms with Crippen molar-refractivity contribution in [2.24, 2.45) is 22.6 Å². The van der Waals surface area contributed by atoms with Crippen LogP contribution in [-0.2, 0) is 9.59 Å². The van der Waals surface area contributed by atoms with Crippen molar-refractivity contribution in [3.05, 3.63) is 59.4 Å². The minimum Gasteiger partial charge on any atom is -0.487 e. The highest BCUT2D eigenvalue weighted by molar-refractivity contribution is 5.99. The molecule has 3 heterocycles. The molecule has 2 unspecified atom stereocenters. The van der Waals surface area contributed by atoms with Crippen LogP contribution in [0.1, 0.15) is 75.7 Å². The molecular weight excluding hydrogens is 454 g/mol. The van der Waals surface area contributed by atoms with Crippen molar-refractivity contribution >= 4 is 17.8 Å². The van der Waals surface area contributed by atoms with Crippen molar-refractivity contribution in [3.63, 3.8) is 0 Å². The van der Waals surface area contributed by atoms with Crippen LogP contribution < -0.4 is 15.8 Å². The Morgan fingerprint density at radius 2 is 2.03 bits per heavy atom. The lowest BCUT2D eigenvalue weighted by molar-refractivity contribution is -0.132. The van der Waals surface area contributed by atoms with Gasteiger partial charge in [0.1, 0.15) is 11.4 Å². The molecule has 0 spiro atoms. The number of hydrogen-bond acceptors (Lipinski definition) is 6. The molecule has 2 aliphatic heterocycles. The van der Waals surface area contributed by atoms with Gasteiger partial charge >= 0.3 is 0 Å². The molecule has 2 amide bonds. The van der Waals surface area contributed by atoms with E-state index in [1.807, 2.05) is 65.0 Å². The Morgan fingerprint density at radius 3 is 2.72 bits per heavy atom. The number of fused-ring (bicyclic) bond motifs is 1. The van der Waals surface area contributed by atoms with E-state index in [1.54, 1.807) is 17.3 Å². The molecule has 3 aliphatic rings. The van der Waals surface area contributed by atoms with E-state index in [-0.39, 0.29) is 48.1 Å². The number of nitrogens with zero attached hydrogens (tertiary/aromatic N) is 3. The summed E-state index contributed by atoms with van der Waals surface area (Å²) in [6.07, 6.45) is 5.05. The monoisotopic (exact) mass is 489 g/mol. The van der Waals surface area contributed by atoms with E-state index in [4.69, 9.17) is 10.5 Å². The first-order valence-corrected chi connectivity index (χ1v) is 12.6. The van der Waals surface area contributed by atoms with E-state index in [9.17, 15) is 9.59 Å². The summed E-state index contributed by atoms with van der Waals surface area (Å²) in [4.78, 5) is 37.2. The van der Waals surface area contributed by atoms with Gasteiger partial charge in [-0.2, -0.15) is 0 Å². The molecule has 1 aliphatic carbocycles. The maximum atomic E-state index is 13.5. The average molecular weight is 490 g/mol. The number of amides is 2. The molecule has 36 heavy (non-hydrogen) atoms. The fraction of sp³-hybridized carbons (Fsp3) is 0.500. The number of aromatic nitrogens is 1. The molecule has 1 fully saturated rings. The van der Waals surface area contributed by atoms with Gasteiger partial charge in [0.2, 0.25) is 11.8 Å². The number of benzene rings is 1. The highest BCUT2D eigenvalue weighted by Gasteiger charge is 2.53. The third-order valence-corrected chi connectivity index (χ3v) is 7.35. The lowest BCUT2D eigenvalue weighted by Gasteiger charge is -2.39. The zero-order valence-corrected chi connectivity index (χ0v) is 21.6. The van der Waals surface area contributed by atoms with Crippen LogP contribution in [0.3, 0.4) is 0 Å². The summed E-state index contributed by atoms with van der Waals surface area (Å²) in [6.45, 7) is 9.92. The first-order chi connectivity index (χ1) is 16.9. The Kier molecular flexibility index (Phi) is 5.80. The molecule has 0 bridgehead atoms. The highest BCUT2D eigenvalue weighted by Crippen LogP contribution is 2.51. The molecule has 5 rings (SSSR count). The standard InChI is InChI=1S/C28H35N5O3/c1-16-8-9-18-21(13-28(4,5)36-22(18)11-16)31-25(35)20-12-19(20)24(17-7-6-10-30-15-17)33-23(34)14-27(2,3)32-26(33)29/h6-11,15,19-21,24H,12-14H2,1-5H3,(H2,29,32)(H,31,35)/t19?,20?,21-,24+/m0/s1. The van der Waals surface area contributed by atoms with Gasteiger partial charge in [0.15, 0.2) is 5.96 Å². The number of nitrogens with two attached hydrogens (primary N) is 1. The average Bonchev–Trinajstić information content (AvgIpc) is 3.55. The Morgan fingerprint density at radius 1 is 1.25 bits per heavy atom. The number of guanidine groups is 1. The topological polar surface area (TPSA) is 110 Å². The predicted octanol–water partition coefficient (Wildman–Crippen LogP) is 3.81. The normalized spacial score (nSPS) is 26.8. The number of ether oxygens (including phenoxy) is 1. The Bertz CT molecular complexity index is 1220. The van der Waals surface area contributed by atoms with Gasteiger partial charge in [-0.15, -0.1) is 0 Å². The number of rotatable bonds is 5. The van der Waals surface area contributed by atoms with Crippen LogP contribution in [0, 0.1) is 18.8 Å². The number of aryl methyl sites for hydroxylation is 1. The number of nitrogens with one attached hydrogen (secondary N) is 1. The molecule has 1 aromatic carbocycles. The van der Waals surface area contributed by atoms with Crippen molar-refractivity contribution in [2.45, 2.75) is 77.1 Å². The smallest absolute Gasteiger partial charge is 0.232 e. The second-order valence-electron chi connectivity index (χ2n) is 11.6. The van der Waals surface area contributed by atoms with Crippen LogP contribution in [0.15, 0.2) is 47.7 Å². The van der Waals surface area contributed by atoms with Crippen molar-refractivity contribution in [2.75, 3.05) is 0 Å². The molecule has 4 atom stereocenters. The van der Waals surface area contributed by atoms with Crippen LogP contribution in [-0.4, -0.2) is 38.8 Å². The summed E-state index contributed by atoms with van der Waals surface area (Å²) < 4.78 is 6.20. The lowest BCUT2D eigenvalue weighted by atomic mass is 9.89. The Labute approximate surface area is 212 Å². The van der Waals surface area contributed by atoms with E-state index < -0.39 is 11.1 Å². The maximum Gasteiger partial charge on any atom is 0.232 e. The SMILES string of the molecule is Cc1ccc2c(c1)OC(C)(C)C[C@@H]2NC(=O)C1CC1[C@@H](c1cccnc1)N1C(=O)CC(C)(C)N=C1N. The third-order valence-electron chi connectivity index (χ3n) is 7.35. The highest BCUT2D eigenvalue weighted by atomic mass is 16.5. The summed E-state index contributed by atoms with van der Waals surface area (Å²) in [6, 6.07) is 9.36. The summed E-state index contributed by atoms with van der Waals surface area (Å²) in [5.74, 6) is 0.629. The summed E-state index contributed by atoms with van der Waals surface area (Å²) in [7, 11) is 0. The zero-order valence-electron chi connectivity index (χ0n) is 21.6. The van der Waals surface area contributed by atoms with Gasteiger partial charge in [-0.1, -0.05) is 18.2 Å². The van der Waals surface area contributed by atoms with Crippen LogP contribution in [0.5, 0.6) is 5.75 Å².